The fourth-order valence-electron chi connectivity index (χ4n) is 4.62. The first-order valence-electron chi connectivity index (χ1n) is 15.3. The van der Waals surface area contributed by atoms with Crippen LogP contribution in [0.2, 0.25) is 0 Å². The molecule has 0 spiro atoms. The number of nitrogens with two attached hydrogens (primary N) is 3. The van der Waals surface area contributed by atoms with Crippen LogP contribution in [-0.2, 0) is 19.2 Å². The standard InChI is InChI=1S/C30H47N9O6S/c1-17(2)15-22(38-26(43)21(10-6-7-13-31)37-28(45)23(16-40)35-18(3)41)27(44)36-20(11-8-14-34-30(32)33)25(42)29-39-19-9-4-5-12-24(19)46-29/h4-5,9,12,17,20-23,40H,6-8,10-11,13-16,31H2,1-3H3,(H,35,41)(H,36,44)(H,37,45)(H,38,43)(H4,32,33,34)/t20-,21-,22-,23-/m0/s1. The van der Waals surface area contributed by atoms with Crippen molar-refractivity contribution in [3.63, 3.8) is 0 Å². The number of thiazole rings is 1. The summed E-state index contributed by atoms with van der Waals surface area (Å²) in [5.74, 6) is -2.99. The Morgan fingerprint density at radius 3 is 2.09 bits per heavy atom. The minimum absolute atomic E-state index is 0.0276. The van der Waals surface area contributed by atoms with E-state index in [2.05, 4.69) is 31.2 Å². The van der Waals surface area contributed by atoms with Gasteiger partial charge in [-0.05, 0) is 63.1 Å². The number of hydrogen-bond acceptors (Lipinski definition) is 10. The van der Waals surface area contributed by atoms with Crippen molar-refractivity contribution in [1.82, 2.24) is 26.3 Å². The first kappa shape index (κ1) is 38.0. The van der Waals surface area contributed by atoms with Gasteiger partial charge in [-0.3, -0.25) is 29.0 Å². The van der Waals surface area contributed by atoms with Crippen LogP contribution >= 0.6 is 11.3 Å². The van der Waals surface area contributed by atoms with Gasteiger partial charge in [0.25, 0.3) is 0 Å². The molecular formula is C30H47N9O6S. The molecule has 0 aliphatic heterocycles. The fraction of sp³-hybridized carbons (Fsp3) is 0.567. The summed E-state index contributed by atoms with van der Waals surface area (Å²) in [6, 6.07) is 2.95. The van der Waals surface area contributed by atoms with Gasteiger partial charge in [-0.25, -0.2) is 4.98 Å². The topological polar surface area (TPSA) is 257 Å². The molecule has 11 N–H and O–H groups in total. The van der Waals surface area contributed by atoms with Crippen LogP contribution in [-0.4, -0.2) is 89.3 Å². The van der Waals surface area contributed by atoms with E-state index in [1.165, 1.54) is 18.3 Å². The normalized spacial score (nSPS) is 13.7. The van der Waals surface area contributed by atoms with E-state index in [9.17, 15) is 29.1 Å². The highest BCUT2D eigenvalue weighted by atomic mass is 32.1. The second kappa shape index (κ2) is 19.4. The van der Waals surface area contributed by atoms with Gasteiger partial charge in [-0.2, -0.15) is 0 Å². The summed E-state index contributed by atoms with van der Waals surface area (Å²) in [6.07, 6.45) is 2.11. The summed E-state index contributed by atoms with van der Waals surface area (Å²) < 4.78 is 0.825. The molecule has 46 heavy (non-hydrogen) atoms. The number of unbranched alkanes of at least 4 members (excludes halogenated alkanes) is 1. The molecule has 1 heterocycles. The van der Waals surface area contributed by atoms with Crippen molar-refractivity contribution >= 4 is 56.9 Å². The number of para-hydroxylation sites is 1. The monoisotopic (exact) mass is 661 g/mol. The Morgan fingerprint density at radius 1 is 0.870 bits per heavy atom. The molecule has 15 nitrogen and oxygen atoms in total. The van der Waals surface area contributed by atoms with Gasteiger partial charge >= 0.3 is 0 Å². The number of fused-ring (bicyclic) bond motifs is 1. The Balaban J connectivity index is 2.28. The average Bonchev–Trinajstić information content (AvgIpc) is 3.44. The minimum atomic E-state index is -1.26. The number of carbonyl (C=O) groups excluding carboxylic acids is 5. The van der Waals surface area contributed by atoms with Crippen LogP contribution in [0.15, 0.2) is 29.3 Å². The molecule has 0 bridgehead atoms. The third-order valence-corrected chi connectivity index (χ3v) is 7.93. The zero-order chi connectivity index (χ0) is 34.2. The van der Waals surface area contributed by atoms with E-state index >= 15 is 0 Å². The maximum atomic E-state index is 13.7. The summed E-state index contributed by atoms with van der Waals surface area (Å²) >= 11 is 1.22. The Kier molecular flexibility index (Phi) is 16.0. The van der Waals surface area contributed by atoms with Gasteiger partial charge in [-0.1, -0.05) is 26.0 Å². The van der Waals surface area contributed by atoms with Crippen molar-refractivity contribution in [3.05, 3.63) is 29.3 Å². The second-order valence-corrected chi connectivity index (χ2v) is 12.4. The lowest BCUT2D eigenvalue weighted by Gasteiger charge is -2.27. The number of hydrogen-bond donors (Lipinski definition) is 8. The van der Waals surface area contributed by atoms with E-state index in [0.717, 1.165) is 4.70 Å². The van der Waals surface area contributed by atoms with Crippen molar-refractivity contribution in [2.24, 2.45) is 28.1 Å². The van der Waals surface area contributed by atoms with Gasteiger partial charge in [0.2, 0.25) is 29.4 Å². The van der Waals surface area contributed by atoms with Crippen LogP contribution in [0.4, 0.5) is 0 Å². The van der Waals surface area contributed by atoms with Crippen molar-refractivity contribution in [3.8, 4) is 0 Å². The molecule has 2 aromatic rings. The highest BCUT2D eigenvalue weighted by Gasteiger charge is 2.32. The number of nitrogens with one attached hydrogen (secondary N) is 4. The number of Topliss-reactive ketones (excluding diaryl/α,β-unsaturated/α-hetero) is 1. The van der Waals surface area contributed by atoms with Crippen LogP contribution in [0.1, 0.15) is 69.1 Å². The van der Waals surface area contributed by atoms with Crippen LogP contribution in [0.25, 0.3) is 10.2 Å². The second-order valence-electron chi connectivity index (χ2n) is 11.3. The Morgan fingerprint density at radius 2 is 1.48 bits per heavy atom. The molecule has 2 rings (SSSR count). The molecule has 4 amide bonds. The number of guanidine groups is 1. The van der Waals surface area contributed by atoms with E-state index in [4.69, 9.17) is 17.2 Å². The summed E-state index contributed by atoms with van der Waals surface area (Å²) in [7, 11) is 0. The number of benzene rings is 1. The minimum Gasteiger partial charge on any atom is -0.394 e. The molecule has 1 aromatic carbocycles. The van der Waals surface area contributed by atoms with Crippen LogP contribution in [0.3, 0.4) is 0 Å². The zero-order valence-electron chi connectivity index (χ0n) is 26.6. The predicted molar refractivity (Wildman–Crippen MR) is 177 cm³/mol. The van der Waals surface area contributed by atoms with Crippen LogP contribution in [0.5, 0.6) is 0 Å². The smallest absolute Gasteiger partial charge is 0.245 e. The molecule has 0 saturated carbocycles. The van der Waals surface area contributed by atoms with Crippen LogP contribution in [0, 0.1) is 5.92 Å². The largest absolute Gasteiger partial charge is 0.394 e. The molecule has 1 aromatic heterocycles. The van der Waals surface area contributed by atoms with Crippen molar-refractivity contribution in [1.29, 1.82) is 0 Å². The predicted octanol–water partition coefficient (Wildman–Crippen LogP) is -0.341. The number of aliphatic hydroxyl groups excluding tert-OH is 1. The van der Waals surface area contributed by atoms with E-state index in [1.807, 2.05) is 32.0 Å². The Hall–Kier alpha value is -4.15. The lowest BCUT2D eigenvalue weighted by atomic mass is 10.00. The highest BCUT2D eigenvalue weighted by molar-refractivity contribution is 7.20. The number of ketones is 1. The maximum absolute atomic E-state index is 13.7. The fourth-order valence-corrected chi connectivity index (χ4v) is 5.58. The van der Waals surface area contributed by atoms with Gasteiger partial charge in [0.1, 0.15) is 18.1 Å². The lowest BCUT2D eigenvalue weighted by Crippen LogP contribution is -2.58. The van der Waals surface area contributed by atoms with E-state index < -0.39 is 54.4 Å². The lowest BCUT2D eigenvalue weighted by molar-refractivity contribution is -0.134. The molecule has 0 aliphatic carbocycles. The molecule has 0 aliphatic rings. The SMILES string of the molecule is CC(=O)N[C@@H](CO)C(=O)N[C@@H](CCCCN)C(=O)N[C@@H](CC(C)C)C(=O)N[C@@H](CCCN=C(N)N)C(=O)c1nc2ccccc2s1. The summed E-state index contributed by atoms with van der Waals surface area (Å²) in [5.41, 5.74) is 17.1. The third-order valence-electron chi connectivity index (χ3n) is 6.88. The highest BCUT2D eigenvalue weighted by Crippen LogP contribution is 2.23. The number of aromatic nitrogens is 1. The van der Waals surface area contributed by atoms with Gasteiger partial charge in [0, 0.05) is 13.5 Å². The Bertz CT molecular complexity index is 1330. The first-order chi connectivity index (χ1) is 21.9. The molecule has 254 valence electrons. The molecular weight excluding hydrogens is 614 g/mol. The zero-order valence-corrected chi connectivity index (χ0v) is 27.4. The third kappa shape index (κ3) is 12.7. The van der Waals surface area contributed by atoms with Gasteiger partial charge < -0.3 is 43.6 Å². The quantitative estimate of drug-likeness (QED) is 0.0396. The molecule has 4 atom stereocenters. The van der Waals surface area contributed by atoms with Crippen LogP contribution < -0.4 is 38.5 Å². The first-order valence-corrected chi connectivity index (χ1v) is 16.1. The van der Waals surface area contributed by atoms with E-state index in [1.54, 1.807) is 6.07 Å². The number of aliphatic hydroxyl groups is 1. The van der Waals surface area contributed by atoms with E-state index in [0.29, 0.717) is 31.3 Å². The maximum Gasteiger partial charge on any atom is 0.245 e. The summed E-state index contributed by atoms with van der Waals surface area (Å²) in [4.78, 5) is 73.6. The molecule has 0 saturated heterocycles. The van der Waals surface area contributed by atoms with Crippen molar-refractivity contribution in [2.75, 3.05) is 19.7 Å². The van der Waals surface area contributed by atoms with Gasteiger partial charge in [0.05, 0.1) is 22.9 Å². The molecule has 0 radical (unpaired) electrons. The number of amides is 4. The van der Waals surface area contributed by atoms with Crippen molar-refractivity contribution < 1.29 is 29.1 Å². The summed E-state index contributed by atoms with van der Waals surface area (Å²) in [6.45, 7) is 4.90. The number of nitrogens with zero attached hydrogens (tertiary/aromatic N) is 2. The average molecular weight is 662 g/mol. The number of carbonyl (C=O) groups is 5. The molecule has 0 unspecified atom stereocenters. The number of rotatable bonds is 20. The van der Waals surface area contributed by atoms with Gasteiger partial charge in [0.15, 0.2) is 11.0 Å². The Labute approximate surface area is 272 Å². The summed E-state index contributed by atoms with van der Waals surface area (Å²) in [5, 5.41) is 20.3. The van der Waals surface area contributed by atoms with Crippen molar-refractivity contribution in [2.45, 2.75) is 83.5 Å². The van der Waals surface area contributed by atoms with Gasteiger partial charge in [-0.15, -0.1) is 11.3 Å². The number of aliphatic imine (C=N–C) groups is 1. The molecule has 0 fully saturated rings. The molecule has 16 heteroatoms. The van der Waals surface area contributed by atoms with E-state index in [-0.39, 0.29) is 48.5 Å².